The van der Waals surface area contributed by atoms with Gasteiger partial charge in [-0.15, -0.1) is 11.3 Å². The summed E-state index contributed by atoms with van der Waals surface area (Å²) in [6.07, 6.45) is -1.19. The SMILES string of the molecule is O=C(NN1CCOc2ccccc21)c1sc2c(c1N1CC(F)C1)PCC(F)=C2c1cc(F)cc(F)c1F. The molecule has 0 aliphatic carbocycles. The van der Waals surface area contributed by atoms with E-state index < -0.39 is 40.9 Å². The van der Waals surface area contributed by atoms with Crippen molar-refractivity contribution in [3.63, 3.8) is 0 Å². The molecule has 2 aromatic carbocycles. The summed E-state index contributed by atoms with van der Waals surface area (Å²) in [5, 5.41) is 2.20. The zero-order valence-electron chi connectivity index (χ0n) is 19.1. The molecule has 0 spiro atoms. The minimum absolute atomic E-state index is 0.0544. The third-order valence-electron chi connectivity index (χ3n) is 6.39. The zero-order chi connectivity index (χ0) is 25.8. The lowest BCUT2D eigenvalue weighted by atomic mass is 10.0. The summed E-state index contributed by atoms with van der Waals surface area (Å²) in [6, 6.07) is 8.32. The number of amides is 1. The van der Waals surface area contributed by atoms with Crippen LogP contribution in [0.25, 0.3) is 5.57 Å². The molecule has 3 aliphatic rings. The van der Waals surface area contributed by atoms with Gasteiger partial charge in [0, 0.05) is 33.5 Å². The predicted octanol–water partition coefficient (Wildman–Crippen LogP) is 4.91. The number of alkyl halides is 1. The van der Waals surface area contributed by atoms with Crippen LogP contribution >= 0.6 is 19.9 Å². The minimum atomic E-state index is -1.44. The van der Waals surface area contributed by atoms with Gasteiger partial charge in [-0.2, -0.15) is 0 Å². The van der Waals surface area contributed by atoms with Crippen molar-refractivity contribution in [2.45, 2.75) is 6.17 Å². The smallest absolute Gasteiger partial charge is 0.282 e. The summed E-state index contributed by atoms with van der Waals surface area (Å²) in [5.41, 5.74) is 3.14. The number of rotatable bonds is 4. The number of hydrazine groups is 1. The van der Waals surface area contributed by atoms with Crippen molar-refractivity contribution in [1.82, 2.24) is 5.43 Å². The molecule has 1 amide bonds. The van der Waals surface area contributed by atoms with Crippen molar-refractivity contribution in [2.75, 3.05) is 42.3 Å². The normalized spacial score (nSPS) is 17.9. The van der Waals surface area contributed by atoms with E-state index in [1.54, 1.807) is 28.1 Å². The molecule has 1 atom stereocenters. The van der Waals surface area contributed by atoms with E-state index in [-0.39, 0.29) is 43.2 Å². The molecule has 12 heteroatoms. The van der Waals surface area contributed by atoms with Crippen LogP contribution in [0.5, 0.6) is 5.75 Å². The highest BCUT2D eigenvalue weighted by molar-refractivity contribution is 7.49. The van der Waals surface area contributed by atoms with Crippen LogP contribution in [0.15, 0.2) is 42.2 Å². The molecular formula is C25H19F5N3O2PS. The summed E-state index contributed by atoms with van der Waals surface area (Å²) in [7, 11) is -0.122. The highest BCUT2D eigenvalue weighted by Gasteiger charge is 2.38. The molecule has 3 aromatic rings. The third kappa shape index (κ3) is 4.14. The molecule has 5 nitrogen and oxygen atoms in total. The minimum Gasteiger partial charge on any atom is -0.489 e. The molecule has 1 unspecified atom stereocenters. The monoisotopic (exact) mass is 551 g/mol. The number of thiophene rings is 1. The van der Waals surface area contributed by atoms with Gasteiger partial charge >= 0.3 is 0 Å². The number of benzene rings is 2. The number of ether oxygens (including phenoxy) is 1. The molecule has 1 fully saturated rings. The number of allylic oxidation sites excluding steroid dienone is 1. The van der Waals surface area contributed by atoms with Crippen LogP contribution in [-0.4, -0.2) is 44.5 Å². The van der Waals surface area contributed by atoms with Crippen molar-refractivity contribution in [3.8, 4) is 5.75 Å². The van der Waals surface area contributed by atoms with Crippen LogP contribution < -0.4 is 25.4 Å². The van der Waals surface area contributed by atoms with Crippen LogP contribution in [-0.2, 0) is 0 Å². The van der Waals surface area contributed by atoms with Crippen LogP contribution in [0.2, 0.25) is 0 Å². The first-order chi connectivity index (χ1) is 17.8. The molecule has 0 saturated carbocycles. The summed E-state index contributed by atoms with van der Waals surface area (Å²) < 4.78 is 77.5. The van der Waals surface area contributed by atoms with Crippen molar-refractivity contribution in [3.05, 3.63) is 75.0 Å². The number of para-hydroxylation sites is 2. The van der Waals surface area contributed by atoms with Gasteiger partial charge in [0.2, 0.25) is 0 Å². The van der Waals surface area contributed by atoms with Crippen molar-refractivity contribution in [2.24, 2.45) is 0 Å². The summed E-state index contributed by atoms with van der Waals surface area (Å²) in [6.45, 7) is 0.816. The van der Waals surface area contributed by atoms with E-state index in [0.717, 1.165) is 17.4 Å². The number of fused-ring (bicyclic) bond motifs is 2. The fourth-order valence-corrected chi connectivity index (χ4v) is 7.57. The van der Waals surface area contributed by atoms with Gasteiger partial charge in [0.1, 0.15) is 35.0 Å². The predicted molar refractivity (Wildman–Crippen MR) is 134 cm³/mol. The number of nitrogens with one attached hydrogen (secondary N) is 1. The Kier molecular flexibility index (Phi) is 6.07. The molecule has 3 aliphatic heterocycles. The van der Waals surface area contributed by atoms with Gasteiger partial charge in [-0.3, -0.25) is 15.2 Å². The second kappa shape index (κ2) is 9.29. The summed E-state index contributed by atoms with van der Waals surface area (Å²) in [5.74, 6) is -4.49. The maximum atomic E-state index is 15.2. The van der Waals surface area contributed by atoms with E-state index in [4.69, 9.17) is 4.74 Å². The van der Waals surface area contributed by atoms with Gasteiger partial charge in [0.15, 0.2) is 11.6 Å². The van der Waals surface area contributed by atoms with E-state index in [0.29, 0.717) is 41.6 Å². The molecule has 1 N–H and O–H groups in total. The van der Waals surface area contributed by atoms with E-state index >= 15 is 4.39 Å². The average molecular weight is 551 g/mol. The van der Waals surface area contributed by atoms with Crippen molar-refractivity contribution in [1.29, 1.82) is 0 Å². The maximum absolute atomic E-state index is 15.2. The molecule has 1 saturated heterocycles. The van der Waals surface area contributed by atoms with Crippen LogP contribution in [0.4, 0.5) is 33.3 Å². The first kappa shape index (κ1) is 24.2. The first-order valence-electron chi connectivity index (χ1n) is 11.5. The van der Waals surface area contributed by atoms with Gasteiger partial charge in [-0.25, -0.2) is 22.0 Å². The Morgan fingerprint density at radius 1 is 1.14 bits per heavy atom. The number of carbonyl (C=O) groups excluding carboxylic acids is 1. The fraction of sp³-hybridized carbons (Fsp3) is 0.240. The lowest BCUT2D eigenvalue weighted by Crippen LogP contribution is -2.51. The van der Waals surface area contributed by atoms with Gasteiger partial charge < -0.3 is 9.64 Å². The molecule has 0 radical (unpaired) electrons. The Bertz CT molecular complexity index is 1460. The Morgan fingerprint density at radius 2 is 1.92 bits per heavy atom. The highest BCUT2D eigenvalue weighted by atomic mass is 32.1. The lowest BCUT2D eigenvalue weighted by molar-refractivity contribution is 0.0949. The van der Waals surface area contributed by atoms with Gasteiger partial charge in [0.25, 0.3) is 5.91 Å². The van der Waals surface area contributed by atoms with E-state index in [9.17, 15) is 22.4 Å². The number of hydrogen-bond donors (Lipinski definition) is 1. The summed E-state index contributed by atoms with van der Waals surface area (Å²) in [4.78, 5) is 15.7. The molecule has 0 bridgehead atoms. The van der Waals surface area contributed by atoms with Gasteiger partial charge in [-0.1, -0.05) is 20.7 Å². The summed E-state index contributed by atoms with van der Waals surface area (Å²) >= 11 is 0.909. The first-order valence-corrected chi connectivity index (χ1v) is 13.5. The quantitative estimate of drug-likeness (QED) is 0.284. The second-order valence-electron chi connectivity index (χ2n) is 8.78. The van der Waals surface area contributed by atoms with E-state index in [1.807, 2.05) is 6.07 Å². The number of halogens is 5. The number of nitrogens with zero attached hydrogens (tertiary/aromatic N) is 2. The van der Waals surface area contributed by atoms with E-state index in [1.165, 1.54) is 0 Å². The Morgan fingerprint density at radius 3 is 2.70 bits per heavy atom. The topological polar surface area (TPSA) is 44.8 Å². The van der Waals surface area contributed by atoms with Crippen molar-refractivity contribution < 1.29 is 31.5 Å². The fourth-order valence-electron chi connectivity index (χ4n) is 4.67. The van der Waals surface area contributed by atoms with Gasteiger partial charge in [-0.05, 0) is 18.2 Å². The standard InChI is InChI=1S/C25H19F5N3O2PS/c26-12-7-14(20(30)15(28)8-12)19-16(29)11-36-22-21(32-9-13(27)10-32)24(37-23(19)22)25(34)31-33-5-6-35-18-4-2-1-3-17(18)33/h1-4,7-8,13,36H,5-6,9-11H2,(H,31,34). The lowest BCUT2D eigenvalue weighted by Gasteiger charge is -2.38. The van der Waals surface area contributed by atoms with Crippen LogP contribution in [0, 0.1) is 17.5 Å². The Labute approximate surface area is 214 Å². The van der Waals surface area contributed by atoms with Crippen LogP contribution in [0.3, 0.4) is 0 Å². The molecule has 192 valence electrons. The Balaban J connectivity index is 1.44. The molecular weight excluding hydrogens is 532 g/mol. The average Bonchev–Trinajstić information content (AvgIpc) is 3.24. The largest absolute Gasteiger partial charge is 0.489 e. The number of carbonyl (C=O) groups is 1. The van der Waals surface area contributed by atoms with E-state index in [2.05, 4.69) is 5.43 Å². The van der Waals surface area contributed by atoms with Crippen molar-refractivity contribution >= 4 is 48.1 Å². The number of hydrogen-bond acceptors (Lipinski definition) is 5. The molecule has 37 heavy (non-hydrogen) atoms. The second-order valence-corrected chi connectivity index (χ2v) is 11.0. The molecule has 4 heterocycles. The molecule has 6 rings (SSSR count). The van der Waals surface area contributed by atoms with Crippen LogP contribution in [0.1, 0.15) is 20.1 Å². The Hall–Kier alpha value is -3.17. The van der Waals surface area contributed by atoms with Gasteiger partial charge in [0.05, 0.1) is 31.0 Å². The zero-order valence-corrected chi connectivity index (χ0v) is 20.9. The third-order valence-corrected chi connectivity index (χ3v) is 9.09. The highest BCUT2D eigenvalue weighted by Crippen LogP contribution is 2.47. The number of anilines is 2. The maximum Gasteiger partial charge on any atom is 0.282 e. The molecule has 1 aromatic heterocycles.